The van der Waals surface area contributed by atoms with Crippen LogP contribution < -0.4 is 0 Å². The second kappa shape index (κ2) is 6.56. The van der Waals surface area contributed by atoms with Gasteiger partial charge < -0.3 is 4.74 Å². The molecular formula is C15H19FO4S. The summed E-state index contributed by atoms with van der Waals surface area (Å²) in [5.74, 6) is -1.71. The number of hydrogen-bond acceptors (Lipinski definition) is 4. The molecule has 6 heteroatoms. The summed E-state index contributed by atoms with van der Waals surface area (Å²) in [6.07, 6.45) is 4.31. The number of esters is 1. The van der Waals surface area contributed by atoms with Crippen molar-refractivity contribution in [1.29, 1.82) is 0 Å². The molecule has 0 amide bonds. The lowest BCUT2D eigenvalue weighted by atomic mass is 10.0. The molecule has 1 fully saturated rings. The molecule has 0 bridgehead atoms. The van der Waals surface area contributed by atoms with Crippen molar-refractivity contribution in [2.24, 2.45) is 0 Å². The van der Waals surface area contributed by atoms with E-state index >= 15 is 0 Å². The van der Waals surface area contributed by atoms with Crippen LogP contribution in [0.5, 0.6) is 0 Å². The van der Waals surface area contributed by atoms with Crippen LogP contribution in [0, 0.1) is 5.82 Å². The van der Waals surface area contributed by atoms with Crippen LogP contribution in [0.2, 0.25) is 0 Å². The zero-order valence-electron chi connectivity index (χ0n) is 12.0. The van der Waals surface area contributed by atoms with E-state index in [9.17, 15) is 17.6 Å². The van der Waals surface area contributed by atoms with Gasteiger partial charge in [-0.25, -0.2) is 17.6 Å². The molecule has 0 heterocycles. The van der Waals surface area contributed by atoms with Gasteiger partial charge >= 0.3 is 5.97 Å². The van der Waals surface area contributed by atoms with Crippen LogP contribution in [0.15, 0.2) is 18.2 Å². The largest absolute Gasteiger partial charge is 0.465 e. The summed E-state index contributed by atoms with van der Waals surface area (Å²) in [6, 6.07) is 3.84. The zero-order chi connectivity index (χ0) is 15.5. The Balaban J connectivity index is 2.16. The molecule has 0 radical (unpaired) electrons. The van der Waals surface area contributed by atoms with Gasteiger partial charge in [-0.2, -0.15) is 0 Å². The normalized spacial score (nSPS) is 16.7. The number of benzene rings is 1. The lowest BCUT2D eigenvalue weighted by Crippen LogP contribution is -2.25. The minimum Gasteiger partial charge on any atom is -0.465 e. The van der Waals surface area contributed by atoms with Crippen molar-refractivity contribution in [2.45, 2.75) is 43.1 Å². The van der Waals surface area contributed by atoms with Gasteiger partial charge in [-0.05, 0) is 30.5 Å². The fraction of sp³-hybridized carbons (Fsp3) is 0.533. The van der Waals surface area contributed by atoms with E-state index in [1.165, 1.54) is 19.2 Å². The SMILES string of the molecule is COC(=O)c1ccc(CS(=O)(=O)C2CCCCC2)cc1F. The first-order valence-electron chi connectivity index (χ1n) is 7.02. The lowest BCUT2D eigenvalue weighted by Gasteiger charge is -2.21. The third kappa shape index (κ3) is 3.81. The molecule has 0 aliphatic heterocycles. The van der Waals surface area contributed by atoms with E-state index in [2.05, 4.69) is 4.74 Å². The van der Waals surface area contributed by atoms with Gasteiger partial charge in [0.2, 0.25) is 0 Å². The van der Waals surface area contributed by atoms with Gasteiger partial charge in [0, 0.05) is 0 Å². The standard InChI is InChI=1S/C15H19FO4S/c1-20-15(17)13-8-7-11(9-14(13)16)10-21(18,19)12-5-3-2-4-6-12/h7-9,12H,2-6,10H2,1H3. The quantitative estimate of drug-likeness (QED) is 0.802. The van der Waals surface area contributed by atoms with E-state index < -0.39 is 21.6 Å². The summed E-state index contributed by atoms with van der Waals surface area (Å²) in [4.78, 5) is 11.3. The van der Waals surface area contributed by atoms with Crippen LogP contribution in [0.25, 0.3) is 0 Å². The summed E-state index contributed by atoms with van der Waals surface area (Å²) in [5, 5.41) is -0.324. The van der Waals surface area contributed by atoms with Crippen LogP contribution in [0.3, 0.4) is 0 Å². The first-order chi connectivity index (χ1) is 9.94. The molecular weight excluding hydrogens is 295 g/mol. The number of ether oxygens (including phenoxy) is 1. The first kappa shape index (κ1) is 15.9. The van der Waals surface area contributed by atoms with Gasteiger partial charge in [0.15, 0.2) is 9.84 Å². The Morgan fingerprint density at radius 2 is 1.95 bits per heavy atom. The fourth-order valence-electron chi connectivity index (χ4n) is 2.70. The van der Waals surface area contributed by atoms with Gasteiger partial charge in [-0.15, -0.1) is 0 Å². The molecule has 0 N–H and O–H groups in total. The third-order valence-corrected chi connectivity index (χ3v) is 6.09. The smallest absolute Gasteiger partial charge is 0.340 e. The highest BCUT2D eigenvalue weighted by Crippen LogP contribution is 2.26. The molecule has 4 nitrogen and oxygen atoms in total. The number of carbonyl (C=O) groups is 1. The maximum absolute atomic E-state index is 13.8. The Bertz CT molecular complexity index is 619. The molecule has 2 rings (SSSR count). The second-order valence-corrected chi connectivity index (χ2v) is 7.65. The molecule has 0 aromatic heterocycles. The highest BCUT2D eigenvalue weighted by atomic mass is 32.2. The molecule has 1 aromatic carbocycles. The van der Waals surface area contributed by atoms with Crippen LogP contribution in [0.1, 0.15) is 48.0 Å². The Labute approximate surface area is 124 Å². The van der Waals surface area contributed by atoms with E-state index in [0.717, 1.165) is 25.3 Å². The van der Waals surface area contributed by atoms with Crippen molar-refractivity contribution in [3.8, 4) is 0 Å². The zero-order valence-corrected chi connectivity index (χ0v) is 12.8. The van der Waals surface area contributed by atoms with Crippen molar-refractivity contribution in [3.05, 3.63) is 35.1 Å². The van der Waals surface area contributed by atoms with Gasteiger partial charge in [-0.3, -0.25) is 0 Å². The van der Waals surface area contributed by atoms with Crippen LogP contribution in [-0.2, 0) is 20.3 Å². The Morgan fingerprint density at radius 3 is 2.52 bits per heavy atom. The molecule has 1 aliphatic carbocycles. The van der Waals surface area contributed by atoms with E-state index in [1.807, 2.05) is 0 Å². The number of rotatable bonds is 4. The third-order valence-electron chi connectivity index (χ3n) is 3.87. The van der Waals surface area contributed by atoms with Crippen molar-refractivity contribution in [1.82, 2.24) is 0 Å². The van der Waals surface area contributed by atoms with Gasteiger partial charge in [0.25, 0.3) is 0 Å². The van der Waals surface area contributed by atoms with Gasteiger partial charge in [0.1, 0.15) is 5.82 Å². The van der Waals surface area contributed by atoms with Crippen molar-refractivity contribution < 1.29 is 22.3 Å². The van der Waals surface area contributed by atoms with E-state index in [-0.39, 0.29) is 16.6 Å². The lowest BCUT2D eigenvalue weighted by molar-refractivity contribution is 0.0595. The van der Waals surface area contributed by atoms with Crippen molar-refractivity contribution >= 4 is 15.8 Å². The maximum atomic E-state index is 13.8. The monoisotopic (exact) mass is 314 g/mol. The average molecular weight is 314 g/mol. The number of hydrogen-bond donors (Lipinski definition) is 0. The number of halogens is 1. The number of carbonyl (C=O) groups excluding carboxylic acids is 1. The number of sulfone groups is 1. The van der Waals surface area contributed by atoms with Crippen LogP contribution in [-0.4, -0.2) is 26.7 Å². The van der Waals surface area contributed by atoms with E-state index in [0.29, 0.717) is 18.4 Å². The molecule has 116 valence electrons. The van der Waals surface area contributed by atoms with Crippen LogP contribution in [0.4, 0.5) is 4.39 Å². The summed E-state index contributed by atoms with van der Waals surface area (Å²) >= 11 is 0. The summed E-state index contributed by atoms with van der Waals surface area (Å²) in [7, 11) is -2.10. The summed E-state index contributed by atoms with van der Waals surface area (Å²) < 4.78 is 42.9. The van der Waals surface area contributed by atoms with Gasteiger partial charge in [0.05, 0.1) is 23.7 Å². The molecule has 1 aromatic rings. The van der Waals surface area contributed by atoms with E-state index in [1.54, 1.807) is 0 Å². The summed E-state index contributed by atoms with van der Waals surface area (Å²) in [5.41, 5.74) is 0.182. The first-order valence-corrected chi connectivity index (χ1v) is 8.74. The molecule has 1 saturated carbocycles. The molecule has 0 atom stereocenters. The second-order valence-electron chi connectivity index (χ2n) is 5.37. The maximum Gasteiger partial charge on any atom is 0.340 e. The minimum absolute atomic E-state index is 0.184. The molecule has 0 unspecified atom stereocenters. The van der Waals surface area contributed by atoms with E-state index in [4.69, 9.17) is 0 Å². The molecule has 0 spiro atoms. The molecule has 21 heavy (non-hydrogen) atoms. The average Bonchev–Trinajstić information content (AvgIpc) is 2.47. The topological polar surface area (TPSA) is 60.4 Å². The van der Waals surface area contributed by atoms with Crippen molar-refractivity contribution in [3.63, 3.8) is 0 Å². The Kier molecular flexibility index (Phi) is 4.98. The van der Waals surface area contributed by atoms with Crippen LogP contribution >= 0.6 is 0 Å². The molecule has 0 saturated heterocycles. The minimum atomic E-state index is -3.27. The Hall–Kier alpha value is -1.43. The van der Waals surface area contributed by atoms with Crippen molar-refractivity contribution in [2.75, 3.05) is 7.11 Å². The van der Waals surface area contributed by atoms with Gasteiger partial charge in [-0.1, -0.05) is 25.3 Å². The molecule has 1 aliphatic rings. The predicted molar refractivity (Wildman–Crippen MR) is 77.2 cm³/mol. The highest BCUT2D eigenvalue weighted by molar-refractivity contribution is 7.91. The highest BCUT2D eigenvalue weighted by Gasteiger charge is 2.27. The summed E-state index contributed by atoms with van der Waals surface area (Å²) in [6.45, 7) is 0. The predicted octanol–water partition coefficient (Wildman–Crippen LogP) is 2.86. The number of methoxy groups -OCH3 is 1. The fourth-order valence-corrected chi connectivity index (χ4v) is 4.63. The Morgan fingerprint density at radius 1 is 1.29 bits per heavy atom.